The smallest absolute Gasteiger partial charge is 0.308 e. The Labute approximate surface area is 103 Å². The summed E-state index contributed by atoms with van der Waals surface area (Å²) < 4.78 is 4.93. The summed E-state index contributed by atoms with van der Waals surface area (Å²) in [5.74, 6) is 3.86. The third-order valence-corrected chi connectivity index (χ3v) is 5.91. The van der Waals surface area contributed by atoms with Gasteiger partial charge in [-0.3, -0.25) is 4.79 Å². The highest BCUT2D eigenvalue weighted by atomic mass is 32.1. The average molecular weight is 240 g/mol. The molecule has 0 heterocycles. The minimum Gasteiger partial charge on any atom is -0.469 e. The van der Waals surface area contributed by atoms with E-state index in [2.05, 4.69) is 6.92 Å². The predicted molar refractivity (Wildman–Crippen MR) is 65.3 cm³/mol. The largest absolute Gasteiger partial charge is 0.469 e. The highest BCUT2D eigenvalue weighted by molar-refractivity contribution is 7.81. The second kappa shape index (κ2) is 3.66. The molecule has 0 spiro atoms. The molecule has 0 radical (unpaired) electrons. The van der Waals surface area contributed by atoms with E-state index in [1.165, 1.54) is 20.0 Å². The lowest BCUT2D eigenvalue weighted by atomic mass is 9.73. The third kappa shape index (κ3) is 1.30. The summed E-state index contributed by atoms with van der Waals surface area (Å²) in [6, 6.07) is 0. The number of fused-ring (bicyclic) bond motifs is 5. The zero-order valence-electron chi connectivity index (χ0n) is 9.93. The molecule has 16 heavy (non-hydrogen) atoms. The second-order valence-electron chi connectivity index (χ2n) is 5.96. The molecule has 0 N–H and O–H groups in total. The van der Waals surface area contributed by atoms with Crippen molar-refractivity contribution in [3.63, 3.8) is 0 Å². The van der Waals surface area contributed by atoms with E-state index in [4.69, 9.17) is 17.4 Å². The van der Waals surface area contributed by atoms with E-state index in [1.54, 1.807) is 0 Å². The molecule has 3 aliphatic carbocycles. The number of carbonyl (C=O) groups excluding carboxylic acids is 1. The lowest BCUT2D eigenvalue weighted by molar-refractivity contribution is -0.148. The molecule has 7 unspecified atom stereocenters. The maximum absolute atomic E-state index is 11.7. The van der Waals surface area contributed by atoms with Gasteiger partial charge in [-0.2, -0.15) is 12.6 Å². The predicted octanol–water partition coefficient (Wildman–Crippen LogP) is 2.39. The van der Waals surface area contributed by atoms with E-state index in [0.29, 0.717) is 17.1 Å². The van der Waals surface area contributed by atoms with Gasteiger partial charge in [-0.05, 0) is 48.9 Å². The van der Waals surface area contributed by atoms with E-state index < -0.39 is 0 Å². The highest BCUT2D eigenvalue weighted by Gasteiger charge is 2.60. The molecule has 3 aliphatic rings. The maximum Gasteiger partial charge on any atom is 0.308 e. The van der Waals surface area contributed by atoms with Gasteiger partial charge in [-0.25, -0.2) is 0 Å². The normalized spacial score (nSPS) is 54.1. The molecule has 2 nitrogen and oxygen atoms in total. The molecule has 7 atom stereocenters. The number of hydrogen-bond donors (Lipinski definition) is 1. The summed E-state index contributed by atoms with van der Waals surface area (Å²) in [4.78, 5) is 11.7. The van der Waals surface area contributed by atoms with Crippen LogP contribution in [0.15, 0.2) is 0 Å². The number of carbonyl (C=O) groups is 1. The second-order valence-corrected chi connectivity index (χ2v) is 6.62. The Morgan fingerprint density at radius 1 is 1.25 bits per heavy atom. The minimum atomic E-state index is 0.0195. The fourth-order valence-corrected chi connectivity index (χ4v) is 5.71. The number of methoxy groups -OCH3 is 1. The summed E-state index contributed by atoms with van der Waals surface area (Å²) in [7, 11) is 1.52. The van der Waals surface area contributed by atoms with Crippen molar-refractivity contribution in [3.8, 4) is 0 Å². The van der Waals surface area contributed by atoms with Crippen molar-refractivity contribution in [1.29, 1.82) is 0 Å². The third-order valence-electron chi connectivity index (χ3n) is 5.35. The number of ether oxygens (including phenoxy) is 1. The van der Waals surface area contributed by atoms with Crippen molar-refractivity contribution < 1.29 is 9.53 Å². The van der Waals surface area contributed by atoms with Crippen LogP contribution in [0.1, 0.15) is 26.2 Å². The standard InChI is InChI=1S/C13H20O2S/c1-6-3-10(16)12-8-4-7(11(6)12)5-9(8)13(14)15-2/h6-12,16H,3-5H2,1-2H3. The maximum atomic E-state index is 11.7. The van der Waals surface area contributed by atoms with E-state index in [-0.39, 0.29) is 11.9 Å². The molecule has 2 bridgehead atoms. The van der Waals surface area contributed by atoms with Gasteiger partial charge < -0.3 is 4.74 Å². The van der Waals surface area contributed by atoms with Gasteiger partial charge in [0.05, 0.1) is 13.0 Å². The summed E-state index contributed by atoms with van der Waals surface area (Å²) >= 11 is 4.75. The minimum absolute atomic E-state index is 0.0195. The van der Waals surface area contributed by atoms with Gasteiger partial charge in [0.25, 0.3) is 0 Å². The molecule has 3 fully saturated rings. The van der Waals surface area contributed by atoms with Crippen LogP contribution in [0.25, 0.3) is 0 Å². The van der Waals surface area contributed by atoms with Crippen LogP contribution in [-0.2, 0) is 9.53 Å². The Kier molecular flexibility index (Phi) is 2.50. The van der Waals surface area contributed by atoms with Gasteiger partial charge in [0.1, 0.15) is 0 Å². The lowest BCUT2D eigenvalue weighted by Gasteiger charge is -2.33. The molecule has 90 valence electrons. The topological polar surface area (TPSA) is 26.3 Å². The van der Waals surface area contributed by atoms with Crippen LogP contribution in [0.2, 0.25) is 0 Å². The zero-order chi connectivity index (χ0) is 11.4. The molecule has 0 aliphatic heterocycles. The van der Waals surface area contributed by atoms with E-state index in [1.807, 2.05) is 0 Å². The zero-order valence-corrected chi connectivity index (χ0v) is 10.8. The van der Waals surface area contributed by atoms with Crippen molar-refractivity contribution in [2.75, 3.05) is 7.11 Å². The van der Waals surface area contributed by atoms with Crippen LogP contribution < -0.4 is 0 Å². The number of rotatable bonds is 1. The van der Waals surface area contributed by atoms with E-state index >= 15 is 0 Å². The van der Waals surface area contributed by atoms with Crippen molar-refractivity contribution in [3.05, 3.63) is 0 Å². The van der Waals surface area contributed by atoms with Crippen LogP contribution in [0.3, 0.4) is 0 Å². The Hall–Kier alpha value is -0.180. The first-order chi connectivity index (χ1) is 7.63. The molecule has 3 saturated carbocycles. The molecule has 3 rings (SSSR count). The monoisotopic (exact) mass is 240 g/mol. The van der Waals surface area contributed by atoms with Gasteiger partial charge in [0.15, 0.2) is 0 Å². The molecular weight excluding hydrogens is 220 g/mol. The van der Waals surface area contributed by atoms with Gasteiger partial charge in [-0.1, -0.05) is 6.92 Å². The molecule has 0 aromatic rings. The molecular formula is C13H20O2S. The molecule has 0 amide bonds. The average Bonchev–Trinajstić information content (AvgIpc) is 2.90. The Bertz CT molecular complexity index is 317. The highest BCUT2D eigenvalue weighted by Crippen LogP contribution is 2.63. The van der Waals surface area contributed by atoms with Crippen molar-refractivity contribution >= 4 is 18.6 Å². The van der Waals surface area contributed by atoms with Crippen LogP contribution in [0.5, 0.6) is 0 Å². The fraction of sp³-hybridized carbons (Fsp3) is 0.923. The molecule has 0 aromatic heterocycles. The van der Waals surface area contributed by atoms with Crippen LogP contribution in [0, 0.1) is 35.5 Å². The Morgan fingerprint density at radius 2 is 2.00 bits per heavy atom. The SMILES string of the molecule is COC(=O)C1CC2CC1C1C(S)CC(C)C21. The first-order valence-electron chi connectivity index (χ1n) is 6.39. The number of thiol groups is 1. The molecule has 0 saturated heterocycles. The molecule has 3 heteroatoms. The van der Waals surface area contributed by atoms with Crippen molar-refractivity contribution in [2.45, 2.75) is 31.4 Å². The summed E-state index contributed by atoms with van der Waals surface area (Å²) in [5.41, 5.74) is 0. The van der Waals surface area contributed by atoms with Gasteiger partial charge in [0, 0.05) is 5.25 Å². The summed E-state index contributed by atoms with van der Waals surface area (Å²) in [6.45, 7) is 2.36. The first kappa shape index (κ1) is 10.9. The van der Waals surface area contributed by atoms with E-state index in [9.17, 15) is 4.79 Å². The summed E-state index contributed by atoms with van der Waals surface area (Å²) in [6.07, 6.45) is 3.55. The quantitative estimate of drug-likeness (QED) is 0.562. The van der Waals surface area contributed by atoms with Crippen LogP contribution in [-0.4, -0.2) is 18.3 Å². The fourth-order valence-electron chi connectivity index (χ4n) is 4.95. The van der Waals surface area contributed by atoms with Gasteiger partial charge in [-0.15, -0.1) is 0 Å². The first-order valence-corrected chi connectivity index (χ1v) is 6.91. The lowest BCUT2D eigenvalue weighted by Crippen LogP contribution is -2.34. The van der Waals surface area contributed by atoms with Crippen LogP contribution in [0.4, 0.5) is 0 Å². The number of esters is 1. The van der Waals surface area contributed by atoms with Gasteiger partial charge >= 0.3 is 5.97 Å². The van der Waals surface area contributed by atoms with E-state index in [0.717, 1.165) is 24.2 Å². The number of hydrogen-bond acceptors (Lipinski definition) is 3. The Balaban J connectivity index is 1.84. The van der Waals surface area contributed by atoms with Crippen molar-refractivity contribution in [1.82, 2.24) is 0 Å². The summed E-state index contributed by atoms with van der Waals surface area (Å²) in [5, 5.41) is 0.516. The molecule has 0 aromatic carbocycles. The van der Waals surface area contributed by atoms with Crippen molar-refractivity contribution in [2.24, 2.45) is 35.5 Å². The van der Waals surface area contributed by atoms with Gasteiger partial charge in [0.2, 0.25) is 0 Å². The van der Waals surface area contributed by atoms with Crippen LogP contribution >= 0.6 is 12.6 Å². The Morgan fingerprint density at radius 3 is 2.69 bits per heavy atom.